The standard InChI is InChI=1S/C16H15ClN4O/c1-11(16-20-19-14-8-4-5-9-21(14)16)18-15(22)10-12-6-2-3-7-13(12)17/h2-9,11H,10H2,1H3,(H,18,22). The molecule has 0 aliphatic carbocycles. The van der Waals surface area contributed by atoms with Gasteiger partial charge in [0.2, 0.25) is 5.91 Å². The highest BCUT2D eigenvalue weighted by atomic mass is 35.5. The number of pyridine rings is 1. The average Bonchev–Trinajstić information content (AvgIpc) is 2.93. The van der Waals surface area contributed by atoms with Crippen molar-refractivity contribution in [3.63, 3.8) is 0 Å². The molecule has 0 aliphatic rings. The number of amides is 1. The summed E-state index contributed by atoms with van der Waals surface area (Å²) in [7, 11) is 0. The topological polar surface area (TPSA) is 59.3 Å². The third-order valence-electron chi connectivity index (χ3n) is 3.41. The van der Waals surface area contributed by atoms with Crippen molar-refractivity contribution in [1.29, 1.82) is 0 Å². The predicted octanol–water partition coefficient (Wildman–Crippen LogP) is 2.80. The Bertz CT molecular complexity index is 815. The molecule has 3 rings (SSSR count). The maximum absolute atomic E-state index is 12.2. The van der Waals surface area contributed by atoms with Crippen LogP contribution >= 0.6 is 11.6 Å². The lowest BCUT2D eigenvalue weighted by Crippen LogP contribution is -2.29. The van der Waals surface area contributed by atoms with Gasteiger partial charge in [0.15, 0.2) is 11.5 Å². The first-order chi connectivity index (χ1) is 10.6. The van der Waals surface area contributed by atoms with E-state index < -0.39 is 0 Å². The average molecular weight is 315 g/mol. The first-order valence-electron chi connectivity index (χ1n) is 6.97. The van der Waals surface area contributed by atoms with Gasteiger partial charge in [-0.05, 0) is 30.7 Å². The van der Waals surface area contributed by atoms with E-state index in [1.54, 1.807) is 6.07 Å². The number of rotatable bonds is 4. The van der Waals surface area contributed by atoms with E-state index in [0.717, 1.165) is 11.2 Å². The fraction of sp³-hybridized carbons (Fsp3) is 0.188. The second-order valence-corrected chi connectivity index (χ2v) is 5.45. The van der Waals surface area contributed by atoms with Crippen molar-refractivity contribution >= 4 is 23.2 Å². The summed E-state index contributed by atoms with van der Waals surface area (Å²) < 4.78 is 1.86. The Morgan fingerprint density at radius 1 is 1.23 bits per heavy atom. The predicted molar refractivity (Wildman–Crippen MR) is 84.7 cm³/mol. The molecule has 1 aromatic carbocycles. The van der Waals surface area contributed by atoms with Gasteiger partial charge < -0.3 is 5.32 Å². The van der Waals surface area contributed by atoms with E-state index in [-0.39, 0.29) is 18.4 Å². The molecule has 0 spiro atoms. The monoisotopic (exact) mass is 314 g/mol. The van der Waals surface area contributed by atoms with Crippen LogP contribution in [0, 0.1) is 0 Å². The number of aromatic nitrogens is 3. The van der Waals surface area contributed by atoms with E-state index in [4.69, 9.17) is 11.6 Å². The van der Waals surface area contributed by atoms with E-state index in [2.05, 4.69) is 15.5 Å². The van der Waals surface area contributed by atoms with Crippen LogP contribution in [-0.2, 0) is 11.2 Å². The van der Waals surface area contributed by atoms with Crippen LogP contribution in [0.3, 0.4) is 0 Å². The second-order valence-electron chi connectivity index (χ2n) is 5.04. The fourth-order valence-electron chi connectivity index (χ4n) is 2.33. The van der Waals surface area contributed by atoms with Gasteiger partial charge in [0.25, 0.3) is 0 Å². The molecule has 22 heavy (non-hydrogen) atoms. The summed E-state index contributed by atoms with van der Waals surface area (Å²) in [6.07, 6.45) is 2.11. The molecule has 3 aromatic rings. The number of nitrogens with one attached hydrogen (secondary N) is 1. The summed E-state index contributed by atoms with van der Waals surface area (Å²) in [5, 5.41) is 11.8. The molecule has 1 N–H and O–H groups in total. The lowest BCUT2D eigenvalue weighted by molar-refractivity contribution is -0.121. The largest absolute Gasteiger partial charge is 0.346 e. The van der Waals surface area contributed by atoms with Crippen molar-refractivity contribution in [2.75, 3.05) is 0 Å². The van der Waals surface area contributed by atoms with Crippen LogP contribution in [0.4, 0.5) is 0 Å². The quantitative estimate of drug-likeness (QED) is 0.805. The second kappa shape index (κ2) is 6.15. The summed E-state index contributed by atoms with van der Waals surface area (Å²) in [5.41, 5.74) is 1.56. The van der Waals surface area contributed by atoms with Gasteiger partial charge in [0, 0.05) is 11.2 Å². The number of hydrogen-bond acceptors (Lipinski definition) is 3. The number of carbonyl (C=O) groups excluding carboxylic acids is 1. The van der Waals surface area contributed by atoms with Crippen LogP contribution in [0.5, 0.6) is 0 Å². The smallest absolute Gasteiger partial charge is 0.225 e. The van der Waals surface area contributed by atoms with Gasteiger partial charge in [-0.3, -0.25) is 9.20 Å². The minimum Gasteiger partial charge on any atom is -0.346 e. The maximum Gasteiger partial charge on any atom is 0.225 e. The molecule has 0 bridgehead atoms. The summed E-state index contributed by atoms with van der Waals surface area (Å²) in [4.78, 5) is 12.2. The van der Waals surface area contributed by atoms with E-state index in [1.807, 2.05) is 53.9 Å². The Morgan fingerprint density at radius 2 is 2.00 bits per heavy atom. The van der Waals surface area contributed by atoms with Gasteiger partial charge in [0.05, 0.1) is 12.5 Å². The SMILES string of the molecule is CC(NC(=O)Cc1ccccc1Cl)c1nnc2ccccn12. The van der Waals surface area contributed by atoms with Crippen LogP contribution in [0.25, 0.3) is 5.65 Å². The van der Waals surface area contributed by atoms with Gasteiger partial charge in [-0.1, -0.05) is 35.9 Å². The van der Waals surface area contributed by atoms with Crippen LogP contribution < -0.4 is 5.32 Å². The number of carbonyl (C=O) groups is 1. The summed E-state index contributed by atoms with van der Waals surface area (Å²) >= 11 is 6.08. The van der Waals surface area contributed by atoms with Crippen LogP contribution in [-0.4, -0.2) is 20.5 Å². The van der Waals surface area contributed by atoms with Crippen molar-refractivity contribution in [2.45, 2.75) is 19.4 Å². The summed E-state index contributed by atoms with van der Waals surface area (Å²) in [5.74, 6) is 0.594. The zero-order valence-corrected chi connectivity index (χ0v) is 12.8. The molecule has 0 aliphatic heterocycles. The minimum atomic E-state index is -0.243. The van der Waals surface area contributed by atoms with Gasteiger partial charge in [-0.15, -0.1) is 10.2 Å². The number of nitrogens with zero attached hydrogens (tertiary/aromatic N) is 3. The van der Waals surface area contributed by atoms with E-state index in [0.29, 0.717) is 10.8 Å². The highest BCUT2D eigenvalue weighted by molar-refractivity contribution is 6.31. The molecule has 1 unspecified atom stereocenters. The number of halogens is 1. The molecule has 6 heteroatoms. The zero-order valence-electron chi connectivity index (χ0n) is 12.0. The first-order valence-corrected chi connectivity index (χ1v) is 7.35. The van der Waals surface area contributed by atoms with E-state index in [9.17, 15) is 4.79 Å². The van der Waals surface area contributed by atoms with E-state index in [1.165, 1.54) is 0 Å². The highest BCUT2D eigenvalue weighted by Gasteiger charge is 2.16. The van der Waals surface area contributed by atoms with Gasteiger partial charge in [0.1, 0.15) is 0 Å². The Labute approximate surface area is 132 Å². The molecule has 2 heterocycles. The van der Waals surface area contributed by atoms with Crippen LogP contribution in [0.1, 0.15) is 24.4 Å². The number of fused-ring (bicyclic) bond motifs is 1. The molecule has 0 radical (unpaired) electrons. The van der Waals surface area contributed by atoms with Crippen LogP contribution in [0.15, 0.2) is 48.7 Å². The lowest BCUT2D eigenvalue weighted by atomic mass is 10.1. The molecular weight excluding hydrogens is 300 g/mol. The van der Waals surface area contributed by atoms with Crippen molar-refractivity contribution in [3.05, 3.63) is 65.1 Å². The Morgan fingerprint density at radius 3 is 2.82 bits per heavy atom. The normalized spacial score (nSPS) is 12.3. The summed E-state index contributed by atoms with van der Waals surface area (Å²) in [6.45, 7) is 1.88. The van der Waals surface area contributed by atoms with Crippen LogP contribution in [0.2, 0.25) is 5.02 Å². The Balaban J connectivity index is 1.73. The van der Waals surface area contributed by atoms with Gasteiger partial charge in [-0.2, -0.15) is 0 Å². The summed E-state index contributed by atoms with van der Waals surface area (Å²) in [6, 6.07) is 12.8. The molecule has 0 saturated carbocycles. The Hall–Kier alpha value is -2.40. The van der Waals surface area contributed by atoms with Gasteiger partial charge in [-0.25, -0.2) is 0 Å². The van der Waals surface area contributed by atoms with Crippen molar-refractivity contribution < 1.29 is 4.79 Å². The third kappa shape index (κ3) is 2.94. The van der Waals surface area contributed by atoms with Crippen molar-refractivity contribution in [3.8, 4) is 0 Å². The maximum atomic E-state index is 12.2. The van der Waals surface area contributed by atoms with Gasteiger partial charge >= 0.3 is 0 Å². The first kappa shape index (κ1) is 14.5. The fourth-order valence-corrected chi connectivity index (χ4v) is 2.53. The third-order valence-corrected chi connectivity index (χ3v) is 3.78. The van der Waals surface area contributed by atoms with Crippen molar-refractivity contribution in [2.24, 2.45) is 0 Å². The molecule has 1 amide bonds. The highest BCUT2D eigenvalue weighted by Crippen LogP contribution is 2.16. The number of hydrogen-bond donors (Lipinski definition) is 1. The molecule has 0 fully saturated rings. The Kier molecular flexibility index (Phi) is 4.06. The molecule has 2 aromatic heterocycles. The number of benzene rings is 1. The zero-order chi connectivity index (χ0) is 15.5. The van der Waals surface area contributed by atoms with Crippen molar-refractivity contribution in [1.82, 2.24) is 19.9 Å². The minimum absolute atomic E-state index is 0.103. The molecule has 5 nitrogen and oxygen atoms in total. The molecule has 1 atom stereocenters. The molecular formula is C16H15ClN4O. The van der Waals surface area contributed by atoms with E-state index >= 15 is 0 Å². The molecule has 0 saturated heterocycles. The molecule has 112 valence electrons. The lowest BCUT2D eigenvalue weighted by Gasteiger charge is -2.12.